The number of aryl methyl sites for hydroxylation is 3. The van der Waals surface area contributed by atoms with Crippen molar-refractivity contribution in [1.82, 2.24) is 14.1 Å². The van der Waals surface area contributed by atoms with Gasteiger partial charge in [0.05, 0.1) is 16.5 Å². The molecule has 0 unspecified atom stereocenters. The quantitative estimate of drug-likeness (QED) is 0.298. The van der Waals surface area contributed by atoms with Crippen molar-refractivity contribution in [3.8, 4) is 5.69 Å². The van der Waals surface area contributed by atoms with Gasteiger partial charge >= 0.3 is 5.97 Å². The molecule has 2 aromatic heterocycles. The van der Waals surface area contributed by atoms with Gasteiger partial charge < -0.3 is 9.30 Å². The standard InChI is InChI=1S/C29H29N3O4/c1-18-8-11-22(12-9-18)32-19(2)15-24(20(32)3)26(33)17-36-29(35)21-10-13-23-25(16-21)30-27-7-5-4-6-14-31(27)28(23)34/h8-13,15-16H,4-7,14,17H2,1-3H3. The molecule has 2 aromatic carbocycles. The van der Waals surface area contributed by atoms with Crippen LogP contribution in [0.2, 0.25) is 0 Å². The molecule has 7 nitrogen and oxygen atoms in total. The van der Waals surface area contributed by atoms with Gasteiger partial charge in [-0.05, 0) is 70.0 Å². The molecular formula is C29H29N3O4. The van der Waals surface area contributed by atoms with Crippen LogP contribution in [0.25, 0.3) is 16.6 Å². The lowest BCUT2D eigenvalue weighted by atomic mass is 10.1. The van der Waals surface area contributed by atoms with Gasteiger partial charge in [-0.1, -0.05) is 24.1 Å². The lowest BCUT2D eigenvalue weighted by molar-refractivity contribution is 0.0474. The summed E-state index contributed by atoms with van der Waals surface area (Å²) in [7, 11) is 0. The van der Waals surface area contributed by atoms with E-state index in [1.165, 1.54) is 0 Å². The second kappa shape index (κ2) is 9.57. The van der Waals surface area contributed by atoms with Gasteiger partial charge in [-0.25, -0.2) is 9.78 Å². The van der Waals surface area contributed by atoms with Crippen molar-refractivity contribution in [1.29, 1.82) is 0 Å². The molecule has 0 spiro atoms. The normalized spacial score (nSPS) is 13.3. The van der Waals surface area contributed by atoms with Gasteiger partial charge in [-0.3, -0.25) is 14.2 Å². The average molecular weight is 484 g/mol. The summed E-state index contributed by atoms with van der Waals surface area (Å²) in [5.41, 5.74) is 5.07. The molecular weight excluding hydrogens is 454 g/mol. The summed E-state index contributed by atoms with van der Waals surface area (Å²) >= 11 is 0. The van der Waals surface area contributed by atoms with Gasteiger partial charge in [0.15, 0.2) is 6.61 Å². The molecule has 0 N–H and O–H groups in total. The van der Waals surface area contributed by atoms with Gasteiger partial charge in [0.2, 0.25) is 5.78 Å². The van der Waals surface area contributed by atoms with E-state index in [1.54, 1.807) is 22.8 Å². The van der Waals surface area contributed by atoms with E-state index < -0.39 is 5.97 Å². The van der Waals surface area contributed by atoms with Crippen molar-refractivity contribution in [2.45, 2.75) is 53.0 Å². The molecule has 0 saturated carbocycles. The van der Waals surface area contributed by atoms with Crippen molar-refractivity contribution >= 4 is 22.7 Å². The number of fused-ring (bicyclic) bond motifs is 2. The van der Waals surface area contributed by atoms with Crippen molar-refractivity contribution in [2.75, 3.05) is 6.61 Å². The summed E-state index contributed by atoms with van der Waals surface area (Å²) in [6.07, 6.45) is 3.77. The van der Waals surface area contributed by atoms with Crippen LogP contribution in [0.5, 0.6) is 0 Å². The Morgan fingerprint density at radius 2 is 1.75 bits per heavy atom. The molecule has 0 radical (unpaired) electrons. The summed E-state index contributed by atoms with van der Waals surface area (Å²) in [4.78, 5) is 43.3. The number of carbonyl (C=O) groups is 2. The Bertz CT molecular complexity index is 1540. The molecule has 7 heteroatoms. The largest absolute Gasteiger partial charge is 0.454 e. The van der Waals surface area contributed by atoms with Crippen molar-refractivity contribution < 1.29 is 14.3 Å². The Morgan fingerprint density at radius 3 is 2.53 bits per heavy atom. The number of benzene rings is 2. The fourth-order valence-electron chi connectivity index (χ4n) is 4.97. The predicted molar refractivity (Wildman–Crippen MR) is 138 cm³/mol. The van der Waals surface area contributed by atoms with E-state index in [0.29, 0.717) is 23.0 Å². The van der Waals surface area contributed by atoms with Crippen molar-refractivity contribution in [2.24, 2.45) is 0 Å². The van der Waals surface area contributed by atoms with E-state index in [9.17, 15) is 14.4 Å². The summed E-state index contributed by atoms with van der Waals surface area (Å²) < 4.78 is 9.14. The fraction of sp³-hybridized carbons (Fsp3) is 0.310. The maximum absolute atomic E-state index is 13.0. The first-order valence-electron chi connectivity index (χ1n) is 12.3. The summed E-state index contributed by atoms with van der Waals surface area (Å²) in [6, 6.07) is 14.7. The Morgan fingerprint density at radius 1 is 0.972 bits per heavy atom. The first-order valence-corrected chi connectivity index (χ1v) is 12.3. The molecule has 0 fully saturated rings. The van der Waals surface area contributed by atoms with Crippen LogP contribution in [-0.4, -0.2) is 32.5 Å². The van der Waals surface area contributed by atoms with Crippen LogP contribution in [0.1, 0.15) is 62.8 Å². The van der Waals surface area contributed by atoms with Crippen LogP contribution in [0.15, 0.2) is 53.3 Å². The number of hydrogen-bond acceptors (Lipinski definition) is 5. The minimum absolute atomic E-state index is 0.0732. The van der Waals surface area contributed by atoms with Crippen LogP contribution in [0, 0.1) is 20.8 Å². The van der Waals surface area contributed by atoms with E-state index >= 15 is 0 Å². The number of ketones is 1. The van der Waals surface area contributed by atoms with E-state index in [-0.39, 0.29) is 23.5 Å². The van der Waals surface area contributed by atoms with Crippen molar-refractivity contribution in [3.63, 3.8) is 0 Å². The van der Waals surface area contributed by atoms with E-state index in [2.05, 4.69) is 4.98 Å². The van der Waals surface area contributed by atoms with Gasteiger partial charge in [0.25, 0.3) is 5.56 Å². The molecule has 5 rings (SSSR count). The first kappa shape index (κ1) is 23.7. The molecule has 184 valence electrons. The monoisotopic (exact) mass is 483 g/mol. The van der Waals surface area contributed by atoms with Gasteiger partial charge in [0.1, 0.15) is 5.82 Å². The summed E-state index contributed by atoms with van der Waals surface area (Å²) in [6.45, 7) is 6.17. The first-order chi connectivity index (χ1) is 17.3. The predicted octanol–water partition coefficient (Wildman–Crippen LogP) is 4.88. The zero-order valence-corrected chi connectivity index (χ0v) is 20.8. The average Bonchev–Trinajstić information content (AvgIpc) is 3.02. The number of nitrogens with zero attached hydrogens (tertiary/aromatic N) is 3. The number of aromatic nitrogens is 3. The molecule has 0 aliphatic carbocycles. The number of carbonyl (C=O) groups excluding carboxylic acids is 2. The molecule has 0 bridgehead atoms. The van der Waals surface area contributed by atoms with E-state index in [0.717, 1.165) is 54.1 Å². The molecule has 0 atom stereocenters. The Balaban J connectivity index is 1.34. The molecule has 3 heterocycles. The SMILES string of the molecule is Cc1ccc(-n2c(C)cc(C(=O)COC(=O)c3ccc4c(=O)n5c(nc4c3)CCCCC5)c2C)cc1. The smallest absolute Gasteiger partial charge is 0.338 e. The Kier molecular flexibility index (Phi) is 6.31. The maximum atomic E-state index is 13.0. The molecule has 1 aliphatic rings. The third kappa shape index (κ3) is 4.37. The van der Waals surface area contributed by atoms with Gasteiger partial charge in [0, 0.05) is 35.6 Å². The number of ether oxygens (including phenoxy) is 1. The highest BCUT2D eigenvalue weighted by atomic mass is 16.5. The highest BCUT2D eigenvalue weighted by Gasteiger charge is 2.20. The highest BCUT2D eigenvalue weighted by Crippen LogP contribution is 2.22. The molecule has 1 aliphatic heterocycles. The minimum atomic E-state index is -0.616. The van der Waals surface area contributed by atoms with Crippen LogP contribution < -0.4 is 5.56 Å². The van der Waals surface area contributed by atoms with Crippen LogP contribution in [-0.2, 0) is 17.7 Å². The molecule has 0 saturated heterocycles. The maximum Gasteiger partial charge on any atom is 0.338 e. The Labute approximate surface area is 209 Å². The second-order valence-corrected chi connectivity index (χ2v) is 9.48. The number of esters is 1. The second-order valence-electron chi connectivity index (χ2n) is 9.48. The molecule has 36 heavy (non-hydrogen) atoms. The highest BCUT2D eigenvalue weighted by molar-refractivity contribution is 6.01. The molecule has 4 aromatic rings. The van der Waals surface area contributed by atoms with Crippen molar-refractivity contribution in [3.05, 3.63) is 92.8 Å². The number of Topliss-reactive ketones (excluding diaryl/α,β-unsaturated/α-hetero) is 1. The summed E-state index contributed by atoms with van der Waals surface area (Å²) in [5, 5.41) is 0.483. The number of rotatable bonds is 5. The topological polar surface area (TPSA) is 83.2 Å². The van der Waals surface area contributed by atoms with Crippen LogP contribution in [0.4, 0.5) is 0 Å². The minimum Gasteiger partial charge on any atom is -0.454 e. The van der Waals surface area contributed by atoms with Gasteiger partial charge in [-0.15, -0.1) is 0 Å². The third-order valence-corrected chi connectivity index (χ3v) is 6.91. The van der Waals surface area contributed by atoms with E-state index in [4.69, 9.17) is 4.74 Å². The van der Waals surface area contributed by atoms with Gasteiger partial charge in [-0.2, -0.15) is 0 Å². The third-order valence-electron chi connectivity index (χ3n) is 6.91. The summed E-state index contributed by atoms with van der Waals surface area (Å²) in [5.74, 6) is -0.124. The Hall–Kier alpha value is -4.00. The zero-order valence-electron chi connectivity index (χ0n) is 20.8. The van der Waals surface area contributed by atoms with Crippen LogP contribution >= 0.6 is 0 Å². The molecule has 0 amide bonds. The zero-order chi connectivity index (χ0) is 25.4. The van der Waals surface area contributed by atoms with E-state index in [1.807, 2.05) is 55.7 Å². The lowest BCUT2D eigenvalue weighted by Crippen LogP contribution is -2.24. The lowest BCUT2D eigenvalue weighted by Gasteiger charge is -2.11. The van der Waals surface area contributed by atoms with Crippen LogP contribution in [0.3, 0.4) is 0 Å². The fourth-order valence-corrected chi connectivity index (χ4v) is 4.97. The number of hydrogen-bond donors (Lipinski definition) is 0.